The molecule has 1 aliphatic rings. The molecule has 1 N–H and O–H groups in total. The van der Waals surface area contributed by atoms with Gasteiger partial charge in [-0.3, -0.25) is 0 Å². The predicted molar refractivity (Wildman–Crippen MR) is 98.1 cm³/mol. The molecule has 1 aromatic carbocycles. The molecule has 1 saturated carbocycles. The molecule has 0 aliphatic heterocycles. The molecule has 0 spiro atoms. The smallest absolute Gasteiger partial charge is 0.216 e. The predicted octanol–water partition coefficient (Wildman–Crippen LogP) is 3.54. The van der Waals surface area contributed by atoms with Crippen LogP contribution in [0.1, 0.15) is 31.2 Å². The number of ether oxygens (including phenoxy) is 1. The van der Waals surface area contributed by atoms with Gasteiger partial charge in [-0.15, -0.1) is 0 Å². The van der Waals surface area contributed by atoms with E-state index in [0.29, 0.717) is 10.9 Å². The second kappa shape index (κ2) is 8.17. The zero-order valence-corrected chi connectivity index (χ0v) is 15.3. The van der Waals surface area contributed by atoms with E-state index in [9.17, 15) is 8.42 Å². The highest BCUT2D eigenvalue weighted by molar-refractivity contribution is 7.88. The Morgan fingerprint density at radius 2 is 1.80 bits per heavy atom. The maximum absolute atomic E-state index is 12.3. The third-order valence-electron chi connectivity index (χ3n) is 4.22. The van der Waals surface area contributed by atoms with E-state index in [0.717, 1.165) is 31.2 Å². The first-order chi connectivity index (χ1) is 12.0. The lowest BCUT2D eigenvalue weighted by molar-refractivity contribution is 0.138. The first kappa shape index (κ1) is 18.2. The quantitative estimate of drug-likeness (QED) is 0.832. The minimum Gasteiger partial charge on any atom is -0.474 e. The molecule has 5 nitrogen and oxygen atoms in total. The molecule has 0 bridgehead atoms. The summed E-state index contributed by atoms with van der Waals surface area (Å²) < 4.78 is 33.3. The number of benzene rings is 1. The first-order valence-corrected chi connectivity index (χ1v) is 10.4. The number of halogens is 1. The monoisotopic (exact) mass is 380 g/mol. The minimum atomic E-state index is -3.37. The second-order valence-corrected chi connectivity index (χ2v) is 8.45. The van der Waals surface area contributed by atoms with Gasteiger partial charge in [0.2, 0.25) is 15.9 Å². The summed E-state index contributed by atoms with van der Waals surface area (Å²) in [5.41, 5.74) is 0.726. The minimum absolute atomic E-state index is 0.0332. The van der Waals surface area contributed by atoms with Crippen molar-refractivity contribution >= 4 is 21.6 Å². The number of hydrogen-bond donors (Lipinski definition) is 1. The SMILES string of the molecule is O=S(=O)(Cc1ccc(Cl)cc1)NC1CCC(Oc2ccccn2)CC1. The van der Waals surface area contributed by atoms with Gasteiger partial charge >= 0.3 is 0 Å². The van der Waals surface area contributed by atoms with Crippen molar-refractivity contribution in [1.82, 2.24) is 9.71 Å². The Morgan fingerprint density at radius 1 is 1.08 bits per heavy atom. The number of hydrogen-bond acceptors (Lipinski definition) is 4. The van der Waals surface area contributed by atoms with Crippen LogP contribution in [-0.2, 0) is 15.8 Å². The third kappa shape index (κ3) is 5.70. The van der Waals surface area contributed by atoms with Crippen molar-refractivity contribution in [2.45, 2.75) is 43.6 Å². The standard InChI is InChI=1S/C18H21ClN2O3S/c19-15-6-4-14(5-7-15)13-25(22,23)21-16-8-10-17(11-9-16)24-18-3-1-2-12-20-18/h1-7,12,16-17,21H,8-11,13H2. The largest absolute Gasteiger partial charge is 0.474 e. The molecule has 134 valence electrons. The fourth-order valence-electron chi connectivity index (χ4n) is 2.98. The van der Waals surface area contributed by atoms with Gasteiger partial charge in [-0.1, -0.05) is 29.8 Å². The molecule has 25 heavy (non-hydrogen) atoms. The van der Waals surface area contributed by atoms with Gasteiger partial charge in [-0.05, 0) is 49.4 Å². The van der Waals surface area contributed by atoms with E-state index in [4.69, 9.17) is 16.3 Å². The molecule has 1 heterocycles. The Labute approximate surface area is 153 Å². The van der Waals surface area contributed by atoms with Gasteiger partial charge in [-0.25, -0.2) is 18.1 Å². The molecule has 0 amide bonds. The molecule has 2 aromatic rings. The van der Waals surface area contributed by atoms with Crippen LogP contribution in [0.3, 0.4) is 0 Å². The molecule has 0 atom stereocenters. The van der Waals surface area contributed by atoms with E-state index in [2.05, 4.69) is 9.71 Å². The van der Waals surface area contributed by atoms with Gasteiger partial charge < -0.3 is 4.74 Å². The summed E-state index contributed by atoms with van der Waals surface area (Å²) in [7, 11) is -3.37. The number of nitrogens with one attached hydrogen (secondary N) is 1. The van der Waals surface area contributed by atoms with Gasteiger partial charge in [0, 0.05) is 23.3 Å². The van der Waals surface area contributed by atoms with Crippen LogP contribution in [0.15, 0.2) is 48.7 Å². The molecular weight excluding hydrogens is 360 g/mol. The highest BCUT2D eigenvalue weighted by atomic mass is 35.5. The number of aromatic nitrogens is 1. The van der Waals surface area contributed by atoms with Crippen molar-refractivity contribution in [3.05, 3.63) is 59.2 Å². The third-order valence-corrected chi connectivity index (χ3v) is 5.87. The number of nitrogens with zero attached hydrogens (tertiary/aromatic N) is 1. The van der Waals surface area contributed by atoms with Crippen molar-refractivity contribution in [3.63, 3.8) is 0 Å². The zero-order valence-electron chi connectivity index (χ0n) is 13.8. The van der Waals surface area contributed by atoms with E-state index in [-0.39, 0.29) is 17.9 Å². The highest BCUT2D eigenvalue weighted by Crippen LogP contribution is 2.23. The van der Waals surface area contributed by atoms with Crippen LogP contribution in [-0.4, -0.2) is 25.5 Å². The maximum Gasteiger partial charge on any atom is 0.216 e. The summed E-state index contributed by atoms with van der Waals surface area (Å²) in [4.78, 5) is 4.16. The Kier molecular flexibility index (Phi) is 5.93. The Bertz CT molecular complexity index is 774. The lowest BCUT2D eigenvalue weighted by Crippen LogP contribution is -2.40. The van der Waals surface area contributed by atoms with Crippen LogP contribution in [0.2, 0.25) is 5.02 Å². The molecule has 7 heteroatoms. The van der Waals surface area contributed by atoms with Crippen LogP contribution in [0.25, 0.3) is 0 Å². The van der Waals surface area contributed by atoms with E-state index < -0.39 is 10.0 Å². The number of rotatable bonds is 6. The van der Waals surface area contributed by atoms with E-state index >= 15 is 0 Å². The van der Waals surface area contributed by atoms with Gasteiger partial charge in [0.1, 0.15) is 6.10 Å². The molecule has 3 rings (SSSR count). The molecule has 0 saturated heterocycles. The molecule has 0 radical (unpaired) electrons. The van der Waals surface area contributed by atoms with Crippen molar-refractivity contribution in [2.75, 3.05) is 0 Å². The Balaban J connectivity index is 1.48. The molecule has 1 aliphatic carbocycles. The lowest BCUT2D eigenvalue weighted by Gasteiger charge is -2.29. The summed E-state index contributed by atoms with van der Waals surface area (Å²) in [5, 5.41) is 0.598. The van der Waals surface area contributed by atoms with Crippen LogP contribution in [0.4, 0.5) is 0 Å². The summed E-state index contributed by atoms with van der Waals surface area (Å²) in [6, 6.07) is 12.4. The summed E-state index contributed by atoms with van der Waals surface area (Å²) >= 11 is 5.83. The number of pyridine rings is 1. The van der Waals surface area contributed by atoms with Gasteiger partial charge in [-0.2, -0.15) is 0 Å². The van der Waals surface area contributed by atoms with Gasteiger partial charge in [0.15, 0.2) is 0 Å². The fraction of sp³-hybridized carbons (Fsp3) is 0.389. The molecule has 0 unspecified atom stereocenters. The van der Waals surface area contributed by atoms with Gasteiger partial charge in [0.25, 0.3) is 0 Å². The average molecular weight is 381 g/mol. The molecular formula is C18H21ClN2O3S. The summed E-state index contributed by atoms with van der Waals surface area (Å²) in [6.07, 6.45) is 4.93. The normalized spacial score (nSPS) is 21.0. The van der Waals surface area contributed by atoms with E-state index in [1.54, 1.807) is 30.5 Å². The topological polar surface area (TPSA) is 68.3 Å². The van der Waals surface area contributed by atoms with E-state index in [1.165, 1.54) is 0 Å². The van der Waals surface area contributed by atoms with Crippen molar-refractivity contribution in [2.24, 2.45) is 0 Å². The first-order valence-electron chi connectivity index (χ1n) is 8.32. The van der Waals surface area contributed by atoms with Crippen LogP contribution in [0.5, 0.6) is 5.88 Å². The van der Waals surface area contributed by atoms with Crippen molar-refractivity contribution < 1.29 is 13.2 Å². The fourth-order valence-corrected chi connectivity index (χ4v) is 4.57. The van der Waals surface area contributed by atoms with Crippen LogP contribution in [0, 0.1) is 0 Å². The molecule has 1 aromatic heterocycles. The molecule has 1 fully saturated rings. The Morgan fingerprint density at radius 3 is 2.44 bits per heavy atom. The average Bonchev–Trinajstić information content (AvgIpc) is 2.59. The zero-order chi connectivity index (χ0) is 17.7. The number of sulfonamides is 1. The maximum atomic E-state index is 12.3. The summed E-state index contributed by atoms with van der Waals surface area (Å²) in [5.74, 6) is 0.586. The second-order valence-electron chi connectivity index (χ2n) is 6.26. The summed E-state index contributed by atoms with van der Waals surface area (Å²) in [6.45, 7) is 0. The lowest BCUT2D eigenvalue weighted by atomic mass is 9.94. The highest BCUT2D eigenvalue weighted by Gasteiger charge is 2.26. The van der Waals surface area contributed by atoms with E-state index in [1.807, 2.05) is 18.2 Å². The van der Waals surface area contributed by atoms with Gasteiger partial charge in [0.05, 0.1) is 5.75 Å². The Hall–Kier alpha value is -1.63. The van der Waals surface area contributed by atoms with Crippen LogP contribution < -0.4 is 9.46 Å². The van der Waals surface area contributed by atoms with Crippen molar-refractivity contribution in [1.29, 1.82) is 0 Å². The van der Waals surface area contributed by atoms with Crippen LogP contribution >= 0.6 is 11.6 Å². The van der Waals surface area contributed by atoms with Crippen molar-refractivity contribution in [3.8, 4) is 5.88 Å².